The number of aryl methyl sites for hydroxylation is 1. The third-order valence-corrected chi connectivity index (χ3v) is 5.87. The number of hydrogen-bond donors (Lipinski definition) is 1. The highest BCUT2D eigenvalue weighted by Crippen LogP contribution is 2.26. The first-order valence-corrected chi connectivity index (χ1v) is 9.73. The Morgan fingerprint density at radius 3 is 2.77 bits per heavy atom. The molecule has 0 aliphatic carbocycles. The maximum Gasteiger partial charge on any atom is 0.228 e. The Hall–Kier alpha value is -1.55. The van der Waals surface area contributed by atoms with E-state index in [1.165, 1.54) is 5.56 Å². The van der Waals surface area contributed by atoms with E-state index in [1.54, 1.807) is 0 Å². The highest BCUT2D eigenvalue weighted by Gasteiger charge is 2.26. The van der Waals surface area contributed by atoms with Crippen molar-refractivity contribution >= 4 is 34.8 Å². The van der Waals surface area contributed by atoms with Crippen LogP contribution in [0.25, 0.3) is 0 Å². The maximum absolute atomic E-state index is 12.8. The van der Waals surface area contributed by atoms with Gasteiger partial charge in [-0.3, -0.25) is 9.69 Å². The molecule has 1 aliphatic rings. The van der Waals surface area contributed by atoms with Gasteiger partial charge in [-0.15, -0.1) is 0 Å². The minimum absolute atomic E-state index is 0.00596. The van der Waals surface area contributed by atoms with Gasteiger partial charge in [-0.05, 0) is 68.1 Å². The van der Waals surface area contributed by atoms with E-state index in [4.69, 9.17) is 23.2 Å². The molecule has 1 unspecified atom stereocenters. The number of carbonyl (C=O) groups is 1. The highest BCUT2D eigenvalue weighted by atomic mass is 35.5. The van der Waals surface area contributed by atoms with Crippen LogP contribution in [0.1, 0.15) is 29.5 Å². The molecule has 1 N–H and O–H groups in total. The van der Waals surface area contributed by atoms with E-state index in [0.717, 1.165) is 49.3 Å². The van der Waals surface area contributed by atoms with Crippen molar-refractivity contribution in [3.63, 3.8) is 0 Å². The minimum atomic E-state index is 0.00596. The Labute approximate surface area is 165 Å². The molecule has 2 aromatic rings. The molecule has 1 heterocycles. The Bertz CT molecular complexity index is 807. The van der Waals surface area contributed by atoms with E-state index in [2.05, 4.69) is 23.2 Å². The molecule has 3 rings (SSSR count). The zero-order valence-electron chi connectivity index (χ0n) is 15.2. The number of piperidine rings is 1. The van der Waals surface area contributed by atoms with Gasteiger partial charge in [-0.2, -0.15) is 0 Å². The zero-order chi connectivity index (χ0) is 18.7. The van der Waals surface area contributed by atoms with Gasteiger partial charge in [0.05, 0.1) is 16.0 Å². The first-order chi connectivity index (χ1) is 12.4. The van der Waals surface area contributed by atoms with Gasteiger partial charge in [-0.25, -0.2) is 0 Å². The number of nitrogens with one attached hydrogen (secondary N) is 1. The quantitative estimate of drug-likeness (QED) is 0.751. The zero-order valence-corrected chi connectivity index (χ0v) is 16.7. The number of likely N-dealkylation sites (tertiary alicyclic amines) is 1. The SMILES string of the molecule is Cc1cccc(NC(=O)C2CCCN(Cc3ccc(Cl)c(Cl)c3)C2)c1C. The minimum Gasteiger partial charge on any atom is -0.326 e. The summed E-state index contributed by atoms with van der Waals surface area (Å²) in [7, 11) is 0. The van der Waals surface area contributed by atoms with Crippen molar-refractivity contribution in [2.75, 3.05) is 18.4 Å². The van der Waals surface area contributed by atoms with Crippen molar-refractivity contribution in [3.8, 4) is 0 Å². The lowest BCUT2D eigenvalue weighted by Gasteiger charge is -2.32. The molecule has 3 nitrogen and oxygen atoms in total. The number of halogens is 2. The largest absolute Gasteiger partial charge is 0.326 e. The average Bonchev–Trinajstić information content (AvgIpc) is 2.62. The van der Waals surface area contributed by atoms with Gasteiger partial charge in [-0.1, -0.05) is 41.4 Å². The average molecular weight is 391 g/mol. The van der Waals surface area contributed by atoms with Gasteiger partial charge in [0.2, 0.25) is 5.91 Å². The van der Waals surface area contributed by atoms with Crippen molar-refractivity contribution in [2.45, 2.75) is 33.2 Å². The molecule has 0 aromatic heterocycles. The predicted octanol–water partition coefficient (Wildman–Crippen LogP) is 5.46. The summed E-state index contributed by atoms with van der Waals surface area (Å²) >= 11 is 12.1. The molecule has 1 aliphatic heterocycles. The van der Waals surface area contributed by atoms with Gasteiger partial charge < -0.3 is 5.32 Å². The van der Waals surface area contributed by atoms with Crippen molar-refractivity contribution in [3.05, 3.63) is 63.1 Å². The van der Waals surface area contributed by atoms with Crippen LogP contribution in [0.2, 0.25) is 10.0 Å². The van der Waals surface area contributed by atoms with Crippen molar-refractivity contribution in [1.82, 2.24) is 4.90 Å². The molecule has 1 saturated heterocycles. The van der Waals surface area contributed by atoms with Crippen LogP contribution in [0.3, 0.4) is 0 Å². The normalized spacial score (nSPS) is 17.9. The number of amides is 1. The van der Waals surface area contributed by atoms with Crippen LogP contribution in [-0.4, -0.2) is 23.9 Å². The van der Waals surface area contributed by atoms with Crippen LogP contribution in [0, 0.1) is 19.8 Å². The molecule has 0 radical (unpaired) electrons. The van der Waals surface area contributed by atoms with E-state index >= 15 is 0 Å². The molecular weight excluding hydrogens is 367 g/mol. The number of rotatable bonds is 4. The summed E-state index contributed by atoms with van der Waals surface area (Å²) in [6.45, 7) is 6.64. The molecule has 2 aromatic carbocycles. The topological polar surface area (TPSA) is 32.3 Å². The molecule has 138 valence electrons. The second kappa shape index (κ2) is 8.43. The third kappa shape index (κ3) is 4.59. The van der Waals surface area contributed by atoms with Crippen molar-refractivity contribution < 1.29 is 4.79 Å². The standard InChI is InChI=1S/C21H24Cl2N2O/c1-14-5-3-7-20(15(14)2)24-21(26)17-6-4-10-25(13-17)12-16-8-9-18(22)19(23)11-16/h3,5,7-9,11,17H,4,6,10,12-13H2,1-2H3,(H,24,26). The highest BCUT2D eigenvalue weighted by molar-refractivity contribution is 6.42. The molecular formula is C21H24Cl2N2O. The monoisotopic (exact) mass is 390 g/mol. The first-order valence-electron chi connectivity index (χ1n) is 8.97. The predicted molar refractivity (Wildman–Crippen MR) is 109 cm³/mol. The van der Waals surface area contributed by atoms with Crippen LogP contribution < -0.4 is 5.32 Å². The summed E-state index contributed by atoms with van der Waals surface area (Å²) in [5.41, 5.74) is 4.35. The van der Waals surface area contributed by atoms with E-state index < -0.39 is 0 Å². The Balaban J connectivity index is 1.63. The van der Waals surface area contributed by atoms with Gasteiger partial charge in [0, 0.05) is 18.8 Å². The lowest BCUT2D eigenvalue weighted by Crippen LogP contribution is -2.40. The van der Waals surface area contributed by atoms with E-state index in [9.17, 15) is 4.79 Å². The van der Waals surface area contributed by atoms with Crippen LogP contribution in [-0.2, 0) is 11.3 Å². The fourth-order valence-electron chi connectivity index (χ4n) is 3.43. The Morgan fingerprint density at radius 2 is 2.00 bits per heavy atom. The molecule has 5 heteroatoms. The van der Waals surface area contributed by atoms with Crippen LogP contribution >= 0.6 is 23.2 Å². The Morgan fingerprint density at radius 1 is 1.19 bits per heavy atom. The number of benzene rings is 2. The van der Waals surface area contributed by atoms with E-state index in [1.807, 2.05) is 37.3 Å². The number of carbonyl (C=O) groups excluding carboxylic acids is 1. The van der Waals surface area contributed by atoms with Crippen molar-refractivity contribution in [1.29, 1.82) is 0 Å². The van der Waals surface area contributed by atoms with E-state index in [0.29, 0.717) is 10.0 Å². The van der Waals surface area contributed by atoms with E-state index in [-0.39, 0.29) is 11.8 Å². The molecule has 0 bridgehead atoms. The van der Waals surface area contributed by atoms with Gasteiger partial charge in [0.1, 0.15) is 0 Å². The maximum atomic E-state index is 12.8. The molecule has 0 spiro atoms. The summed E-state index contributed by atoms with van der Waals surface area (Å²) in [6.07, 6.45) is 1.95. The van der Waals surface area contributed by atoms with Crippen LogP contribution in [0.4, 0.5) is 5.69 Å². The van der Waals surface area contributed by atoms with Crippen LogP contribution in [0.5, 0.6) is 0 Å². The summed E-state index contributed by atoms with van der Waals surface area (Å²) in [6, 6.07) is 11.7. The molecule has 1 fully saturated rings. The fourth-order valence-corrected chi connectivity index (χ4v) is 3.75. The second-order valence-corrected chi connectivity index (χ2v) is 7.87. The Kier molecular flexibility index (Phi) is 6.23. The van der Waals surface area contributed by atoms with Crippen LogP contribution in [0.15, 0.2) is 36.4 Å². The molecule has 1 atom stereocenters. The molecule has 1 amide bonds. The smallest absolute Gasteiger partial charge is 0.228 e. The third-order valence-electron chi connectivity index (χ3n) is 5.13. The summed E-state index contributed by atoms with van der Waals surface area (Å²) in [4.78, 5) is 15.1. The summed E-state index contributed by atoms with van der Waals surface area (Å²) in [5.74, 6) is 0.115. The number of anilines is 1. The van der Waals surface area contributed by atoms with Crippen molar-refractivity contribution in [2.24, 2.45) is 5.92 Å². The van der Waals surface area contributed by atoms with Gasteiger partial charge in [0.15, 0.2) is 0 Å². The summed E-state index contributed by atoms with van der Waals surface area (Å²) < 4.78 is 0. The lowest BCUT2D eigenvalue weighted by atomic mass is 9.96. The van der Waals surface area contributed by atoms with Gasteiger partial charge >= 0.3 is 0 Å². The molecule has 0 saturated carbocycles. The summed E-state index contributed by atoms with van der Waals surface area (Å²) in [5, 5.41) is 4.26. The fraction of sp³-hybridized carbons (Fsp3) is 0.381. The van der Waals surface area contributed by atoms with Gasteiger partial charge in [0.25, 0.3) is 0 Å². The first kappa shape index (κ1) is 19.2. The number of nitrogens with zero attached hydrogens (tertiary/aromatic N) is 1. The number of hydrogen-bond acceptors (Lipinski definition) is 2. The second-order valence-electron chi connectivity index (χ2n) is 7.06. The molecule has 26 heavy (non-hydrogen) atoms. The lowest BCUT2D eigenvalue weighted by molar-refractivity contribution is -0.121.